The van der Waals surface area contributed by atoms with Crippen molar-refractivity contribution in [2.45, 2.75) is 12.2 Å². The van der Waals surface area contributed by atoms with Crippen LogP contribution in [0.3, 0.4) is 0 Å². The second kappa shape index (κ2) is 3.93. The van der Waals surface area contributed by atoms with Crippen LogP contribution < -0.4 is 0 Å². The van der Waals surface area contributed by atoms with Crippen LogP contribution in [0.1, 0.15) is 11.7 Å². The van der Waals surface area contributed by atoms with E-state index >= 15 is 0 Å². The van der Waals surface area contributed by atoms with Gasteiger partial charge in [-0.3, -0.25) is 0 Å². The summed E-state index contributed by atoms with van der Waals surface area (Å²) >= 11 is 0. The number of aliphatic hydroxyl groups excluding tert-OH is 3. The Morgan fingerprint density at radius 1 is 1.40 bits per heavy atom. The van der Waals surface area contributed by atoms with Gasteiger partial charge in [0, 0.05) is 18.0 Å². The van der Waals surface area contributed by atoms with Gasteiger partial charge >= 0.3 is 0 Å². The Bertz CT molecular complexity index is 457. The Morgan fingerprint density at radius 3 is 2.93 bits per heavy atom. The van der Waals surface area contributed by atoms with E-state index in [4.69, 9.17) is 5.11 Å². The molecule has 0 aliphatic carbocycles. The average molecular weight is 209 g/mol. The predicted octanol–water partition coefficient (Wildman–Crippen LogP) is -0.884. The summed E-state index contributed by atoms with van der Waals surface area (Å²) in [5.74, 6) is 0. The quantitative estimate of drug-likeness (QED) is 0.610. The molecule has 0 saturated carbocycles. The van der Waals surface area contributed by atoms with Crippen molar-refractivity contribution in [3.8, 4) is 0 Å². The van der Waals surface area contributed by atoms with Gasteiger partial charge in [0.15, 0.2) is 5.65 Å². The van der Waals surface area contributed by atoms with E-state index in [0.29, 0.717) is 11.2 Å². The molecule has 0 radical (unpaired) electrons. The molecule has 0 saturated heterocycles. The van der Waals surface area contributed by atoms with Crippen molar-refractivity contribution in [1.82, 2.24) is 14.6 Å². The minimum atomic E-state index is -1.22. The SMILES string of the molecule is OCC(O)C(O)c1cnn2cccnc12. The molecule has 80 valence electrons. The molecular weight excluding hydrogens is 198 g/mol. The van der Waals surface area contributed by atoms with Gasteiger partial charge in [-0.2, -0.15) is 5.10 Å². The smallest absolute Gasteiger partial charge is 0.160 e. The van der Waals surface area contributed by atoms with E-state index in [2.05, 4.69) is 10.1 Å². The topological polar surface area (TPSA) is 90.9 Å². The molecule has 2 unspecified atom stereocenters. The van der Waals surface area contributed by atoms with Gasteiger partial charge in [-0.1, -0.05) is 0 Å². The molecule has 6 heteroatoms. The normalized spacial score (nSPS) is 15.4. The van der Waals surface area contributed by atoms with Crippen molar-refractivity contribution in [1.29, 1.82) is 0 Å². The zero-order valence-electron chi connectivity index (χ0n) is 7.85. The molecule has 0 bridgehead atoms. The number of fused-ring (bicyclic) bond motifs is 1. The van der Waals surface area contributed by atoms with Crippen LogP contribution in [0.2, 0.25) is 0 Å². The molecule has 2 heterocycles. The van der Waals surface area contributed by atoms with E-state index in [9.17, 15) is 10.2 Å². The van der Waals surface area contributed by atoms with Crippen molar-refractivity contribution in [2.24, 2.45) is 0 Å². The van der Waals surface area contributed by atoms with Crippen LogP contribution in [0.15, 0.2) is 24.7 Å². The summed E-state index contributed by atoms with van der Waals surface area (Å²) in [6, 6.07) is 1.71. The van der Waals surface area contributed by atoms with E-state index < -0.39 is 18.8 Å². The molecule has 0 aliphatic rings. The molecule has 0 amide bonds. The van der Waals surface area contributed by atoms with Gasteiger partial charge in [0.1, 0.15) is 12.2 Å². The highest BCUT2D eigenvalue weighted by molar-refractivity contribution is 5.47. The first-order valence-corrected chi connectivity index (χ1v) is 4.49. The number of rotatable bonds is 3. The first kappa shape index (κ1) is 10.0. The van der Waals surface area contributed by atoms with E-state index in [-0.39, 0.29) is 0 Å². The summed E-state index contributed by atoms with van der Waals surface area (Å²) < 4.78 is 1.49. The fourth-order valence-electron chi connectivity index (χ4n) is 1.36. The minimum absolute atomic E-state index is 0.400. The molecule has 6 nitrogen and oxygen atoms in total. The van der Waals surface area contributed by atoms with Gasteiger partial charge in [0.2, 0.25) is 0 Å². The molecule has 0 fully saturated rings. The Hall–Kier alpha value is -1.50. The number of nitrogens with zero attached hydrogens (tertiary/aromatic N) is 3. The minimum Gasteiger partial charge on any atom is -0.394 e. The lowest BCUT2D eigenvalue weighted by Crippen LogP contribution is -2.22. The first-order valence-electron chi connectivity index (χ1n) is 4.49. The molecule has 2 aromatic heterocycles. The summed E-state index contributed by atoms with van der Waals surface area (Å²) in [4.78, 5) is 4.03. The van der Waals surface area contributed by atoms with Gasteiger partial charge in [0.25, 0.3) is 0 Å². The highest BCUT2D eigenvalue weighted by Crippen LogP contribution is 2.19. The standard InChI is InChI=1S/C9H11N3O3/c13-5-7(14)8(15)6-4-11-12-3-1-2-10-9(6)12/h1-4,7-8,13-15H,5H2. The van der Waals surface area contributed by atoms with Crippen LogP contribution in [0, 0.1) is 0 Å². The summed E-state index contributed by atoms with van der Waals surface area (Å²) in [6.45, 7) is -0.509. The number of hydrogen-bond donors (Lipinski definition) is 3. The third kappa shape index (κ3) is 1.70. The van der Waals surface area contributed by atoms with Crippen LogP contribution in [-0.4, -0.2) is 42.6 Å². The number of aliphatic hydroxyl groups is 3. The van der Waals surface area contributed by atoms with Crippen LogP contribution >= 0.6 is 0 Å². The van der Waals surface area contributed by atoms with Gasteiger partial charge in [-0.05, 0) is 6.07 Å². The van der Waals surface area contributed by atoms with Crippen LogP contribution in [0.5, 0.6) is 0 Å². The van der Waals surface area contributed by atoms with Crippen molar-refractivity contribution >= 4 is 5.65 Å². The summed E-state index contributed by atoms with van der Waals surface area (Å²) in [5, 5.41) is 31.6. The molecule has 2 aromatic rings. The lowest BCUT2D eigenvalue weighted by molar-refractivity contribution is -0.0146. The fourth-order valence-corrected chi connectivity index (χ4v) is 1.36. The molecule has 15 heavy (non-hydrogen) atoms. The molecule has 2 rings (SSSR count). The fraction of sp³-hybridized carbons (Fsp3) is 0.333. The van der Waals surface area contributed by atoms with E-state index in [0.717, 1.165) is 0 Å². The van der Waals surface area contributed by atoms with Crippen molar-refractivity contribution in [3.63, 3.8) is 0 Å². The Labute approximate surface area is 85.4 Å². The lowest BCUT2D eigenvalue weighted by Gasteiger charge is -2.13. The Balaban J connectivity index is 2.43. The zero-order chi connectivity index (χ0) is 10.8. The van der Waals surface area contributed by atoms with Crippen LogP contribution in [-0.2, 0) is 0 Å². The summed E-state index contributed by atoms with van der Waals surface area (Å²) in [7, 11) is 0. The second-order valence-electron chi connectivity index (χ2n) is 3.18. The average Bonchev–Trinajstić information content (AvgIpc) is 2.70. The zero-order valence-corrected chi connectivity index (χ0v) is 7.85. The first-order chi connectivity index (χ1) is 7.24. The van der Waals surface area contributed by atoms with E-state index in [1.807, 2.05) is 0 Å². The number of aromatic nitrogens is 3. The van der Waals surface area contributed by atoms with Gasteiger partial charge in [0.05, 0.1) is 12.8 Å². The number of hydrogen-bond acceptors (Lipinski definition) is 5. The van der Waals surface area contributed by atoms with Gasteiger partial charge in [-0.15, -0.1) is 0 Å². The maximum atomic E-state index is 9.67. The highest BCUT2D eigenvalue weighted by Gasteiger charge is 2.21. The molecule has 3 N–H and O–H groups in total. The molecule has 0 spiro atoms. The Kier molecular flexibility index (Phi) is 2.63. The summed E-state index contributed by atoms with van der Waals surface area (Å²) in [5.41, 5.74) is 0.870. The second-order valence-corrected chi connectivity index (χ2v) is 3.18. The third-order valence-corrected chi connectivity index (χ3v) is 2.18. The van der Waals surface area contributed by atoms with E-state index in [1.54, 1.807) is 18.5 Å². The van der Waals surface area contributed by atoms with Crippen LogP contribution in [0.4, 0.5) is 0 Å². The predicted molar refractivity (Wildman–Crippen MR) is 51.0 cm³/mol. The molecule has 0 aromatic carbocycles. The summed E-state index contributed by atoms with van der Waals surface area (Å²) in [6.07, 6.45) is 2.27. The lowest BCUT2D eigenvalue weighted by atomic mass is 10.1. The largest absolute Gasteiger partial charge is 0.394 e. The van der Waals surface area contributed by atoms with E-state index in [1.165, 1.54) is 10.7 Å². The van der Waals surface area contributed by atoms with Gasteiger partial charge in [-0.25, -0.2) is 9.50 Å². The Morgan fingerprint density at radius 2 is 2.20 bits per heavy atom. The van der Waals surface area contributed by atoms with Crippen molar-refractivity contribution in [2.75, 3.05) is 6.61 Å². The molecular formula is C9H11N3O3. The van der Waals surface area contributed by atoms with Gasteiger partial charge < -0.3 is 15.3 Å². The maximum absolute atomic E-state index is 9.67. The third-order valence-electron chi connectivity index (χ3n) is 2.18. The van der Waals surface area contributed by atoms with Crippen LogP contribution in [0.25, 0.3) is 5.65 Å². The molecule has 2 atom stereocenters. The van der Waals surface area contributed by atoms with Crippen molar-refractivity contribution in [3.05, 3.63) is 30.2 Å². The maximum Gasteiger partial charge on any atom is 0.160 e. The van der Waals surface area contributed by atoms with Crippen molar-refractivity contribution < 1.29 is 15.3 Å². The monoisotopic (exact) mass is 209 g/mol. The highest BCUT2D eigenvalue weighted by atomic mass is 16.4. The molecule has 0 aliphatic heterocycles.